The van der Waals surface area contributed by atoms with Gasteiger partial charge in [0.1, 0.15) is 13.2 Å². The van der Waals surface area contributed by atoms with Crippen LogP contribution in [0, 0.1) is 6.92 Å². The van der Waals surface area contributed by atoms with Crippen molar-refractivity contribution in [2.75, 3.05) is 43.5 Å². The molecular formula is C23H30N3O4+. The molecule has 30 heavy (non-hydrogen) atoms. The lowest BCUT2D eigenvalue weighted by atomic mass is 10.1. The summed E-state index contributed by atoms with van der Waals surface area (Å²) in [4.78, 5) is 26.0. The molecule has 1 aliphatic rings. The first-order valence-electron chi connectivity index (χ1n) is 10.4. The molecule has 0 spiro atoms. The average Bonchev–Trinajstić information content (AvgIpc) is 2.74. The second-order valence-corrected chi connectivity index (χ2v) is 7.37. The number of aryl methyl sites for hydroxylation is 2. The molecule has 2 amide bonds. The zero-order valence-corrected chi connectivity index (χ0v) is 17.8. The van der Waals surface area contributed by atoms with Gasteiger partial charge in [0.25, 0.3) is 11.8 Å². The number of amides is 2. The molecule has 0 aliphatic carbocycles. The van der Waals surface area contributed by atoms with Crippen LogP contribution in [0.3, 0.4) is 0 Å². The zero-order chi connectivity index (χ0) is 21.5. The summed E-state index contributed by atoms with van der Waals surface area (Å²) < 4.78 is 11.0. The number of anilines is 2. The van der Waals surface area contributed by atoms with Crippen LogP contribution < -0.4 is 25.0 Å². The Labute approximate surface area is 177 Å². The van der Waals surface area contributed by atoms with Crippen LogP contribution in [0.5, 0.6) is 11.5 Å². The summed E-state index contributed by atoms with van der Waals surface area (Å²) in [7, 11) is 0. The number of ether oxygens (including phenoxy) is 2. The number of para-hydroxylation sites is 1. The van der Waals surface area contributed by atoms with Crippen molar-refractivity contribution >= 4 is 23.2 Å². The lowest BCUT2D eigenvalue weighted by Crippen LogP contribution is -3.13. The Kier molecular flexibility index (Phi) is 7.30. The highest BCUT2D eigenvalue weighted by Crippen LogP contribution is 2.32. The summed E-state index contributed by atoms with van der Waals surface area (Å²) in [5, 5.41) is 5.91. The molecule has 7 nitrogen and oxygen atoms in total. The second kappa shape index (κ2) is 10.1. The topological polar surface area (TPSA) is 81.1 Å². The van der Waals surface area contributed by atoms with E-state index in [4.69, 9.17) is 9.47 Å². The van der Waals surface area contributed by atoms with Crippen molar-refractivity contribution in [1.82, 2.24) is 0 Å². The largest absolute Gasteiger partial charge is 0.486 e. The molecular weight excluding hydrogens is 382 g/mol. The molecule has 3 N–H and O–H groups in total. The number of carbonyl (C=O) groups is 2. The molecule has 2 aromatic carbocycles. The van der Waals surface area contributed by atoms with Gasteiger partial charge in [-0.05, 0) is 43.5 Å². The zero-order valence-electron chi connectivity index (χ0n) is 17.8. The molecule has 0 aromatic heterocycles. The monoisotopic (exact) mass is 412 g/mol. The Morgan fingerprint density at radius 1 is 0.967 bits per heavy atom. The number of hydrogen-bond acceptors (Lipinski definition) is 4. The van der Waals surface area contributed by atoms with Crippen LogP contribution >= 0.6 is 0 Å². The van der Waals surface area contributed by atoms with E-state index in [1.54, 1.807) is 18.2 Å². The number of nitrogens with one attached hydrogen (secondary N) is 3. The van der Waals surface area contributed by atoms with E-state index in [0.29, 0.717) is 36.9 Å². The third-order valence-electron chi connectivity index (χ3n) is 5.15. The van der Waals surface area contributed by atoms with Crippen LogP contribution in [-0.2, 0) is 16.0 Å². The van der Waals surface area contributed by atoms with E-state index < -0.39 is 0 Å². The van der Waals surface area contributed by atoms with E-state index in [9.17, 15) is 9.59 Å². The summed E-state index contributed by atoms with van der Waals surface area (Å²) >= 11 is 0. The fraction of sp³-hybridized carbons (Fsp3) is 0.391. The Hall–Kier alpha value is -3.06. The first-order chi connectivity index (χ1) is 14.5. The van der Waals surface area contributed by atoms with Gasteiger partial charge in [-0.2, -0.15) is 0 Å². The third-order valence-corrected chi connectivity index (χ3v) is 5.15. The van der Waals surface area contributed by atoms with Crippen molar-refractivity contribution in [2.45, 2.75) is 27.2 Å². The maximum Gasteiger partial charge on any atom is 0.279 e. The summed E-state index contributed by atoms with van der Waals surface area (Å²) in [5.41, 5.74) is 3.67. The predicted molar refractivity (Wildman–Crippen MR) is 116 cm³/mol. The van der Waals surface area contributed by atoms with Crippen LogP contribution in [0.15, 0.2) is 36.4 Å². The summed E-state index contributed by atoms with van der Waals surface area (Å²) in [6, 6.07) is 11.3. The average molecular weight is 413 g/mol. The minimum Gasteiger partial charge on any atom is -0.486 e. The number of rotatable bonds is 8. The first kappa shape index (κ1) is 21.6. The van der Waals surface area contributed by atoms with Gasteiger partial charge in [0.2, 0.25) is 0 Å². The number of hydrogen-bond donors (Lipinski definition) is 3. The highest BCUT2D eigenvalue weighted by atomic mass is 16.6. The highest BCUT2D eigenvalue weighted by Gasteiger charge is 2.19. The minimum absolute atomic E-state index is 0.0945. The number of likely N-dealkylation sites (N-methyl/N-ethyl adjacent to an activating group) is 1. The fourth-order valence-corrected chi connectivity index (χ4v) is 3.48. The Balaban J connectivity index is 1.56. The number of benzene rings is 2. The molecule has 1 heterocycles. The van der Waals surface area contributed by atoms with Crippen LogP contribution in [0.2, 0.25) is 0 Å². The predicted octanol–water partition coefficient (Wildman–Crippen LogP) is 1.81. The van der Waals surface area contributed by atoms with Gasteiger partial charge in [0.05, 0.1) is 6.54 Å². The molecule has 2 aromatic rings. The van der Waals surface area contributed by atoms with Gasteiger partial charge >= 0.3 is 0 Å². The van der Waals surface area contributed by atoms with Crippen molar-refractivity contribution in [3.05, 3.63) is 47.5 Å². The maximum atomic E-state index is 12.6. The summed E-state index contributed by atoms with van der Waals surface area (Å²) in [5.74, 6) is 1.06. The molecule has 0 saturated heterocycles. The van der Waals surface area contributed by atoms with E-state index in [-0.39, 0.29) is 24.9 Å². The van der Waals surface area contributed by atoms with Gasteiger partial charge in [0.15, 0.2) is 24.6 Å². The lowest BCUT2D eigenvalue weighted by Gasteiger charge is -2.20. The van der Waals surface area contributed by atoms with Crippen molar-refractivity contribution < 1.29 is 24.0 Å². The molecule has 160 valence electrons. The van der Waals surface area contributed by atoms with E-state index in [1.807, 2.05) is 32.0 Å². The van der Waals surface area contributed by atoms with Crippen molar-refractivity contribution in [3.8, 4) is 11.5 Å². The van der Waals surface area contributed by atoms with Gasteiger partial charge < -0.3 is 25.0 Å². The maximum absolute atomic E-state index is 12.6. The number of quaternary nitrogens is 1. The quantitative estimate of drug-likeness (QED) is 0.618. The molecule has 0 radical (unpaired) electrons. The standard InChI is InChI=1S/C23H29N3O4/c1-4-17-8-6-7-16(3)23(17)25-22(28)15-26(5-2)14-21(27)24-18-9-10-19-20(13-18)30-12-11-29-19/h6-10,13H,4-5,11-12,14-15H2,1-3H3,(H,24,27)(H,25,28)/p+1. The van der Waals surface area contributed by atoms with Gasteiger partial charge in [-0.15, -0.1) is 0 Å². The van der Waals surface area contributed by atoms with Crippen LogP contribution in [0.25, 0.3) is 0 Å². The molecule has 3 rings (SSSR count). The van der Waals surface area contributed by atoms with E-state index in [2.05, 4.69) is 17.6 Å². The fourth-order valence-electron chi connectivity index (χ4n) is 3.48. The molecule has 1 aliphatic heterocycles. The third kappa shape index (κ3) is 5.51. The van der Waals surface area contributed by atoms with Crippen LogP contribution in [0.4, 0.5) is 11.4 Å². The molecule has 0 saturated carbocycles. The first-order valence-corrected chi connectivity index (χ1v) is 10.4. The number of fused-ring (bicyclic) bond motifs is 1. The van der Waals surface area contributed by atoms with Gasteiger partial charge in [0, 0.05) is 17.4 Å². The minimum atomic E-state index is -0.151. The van der Waals surface area contributed by atoms with Crippen molar-refractivity contribution in [3.63, 3.8) is 0 Å². The molecule has 1 unspecified atom stereocenters. The van der Waals surface area contributed by atoms with Gasteiger partial charge in [-0.3, -0.25) is 9.59 Å². The highest BCUT2D eigenvalue weighted by molar-refractivity contribution is 5.94. The Bertz CT molecular complexity index is 913. The Morgan fingerprint density at radius 3 is 2.37 bits per heavy atom. The van der Waals surface area contributed by atoms with Gasteiger partial charge in [-0.25, -0.2) is 0 Å². The molecule has 1 atom stereocenters. The van der Waals surface area contributed by atoms with E-state index in [1.165, 1.54) is 0 Å². The van der Waals surface area contributed by atoms with Crippen LogP contribution in [-0.4, -0.2) is 44.7 Å². The van der Waals surface area contributed by atoms with Crippen molar-refractivity contribution in [1.29, 1.82) is 0 Å². The lowest BCUT2D eigenvalue weighted by molar-refractivity contribution is -0.881. The second-order valence-electron chi connectivity index (χ2n) is 7.37. The van der Waals surface area contributed by atoms with Gasteiger partial charge in [-0.1, -0.05) is 25.1 Å². The smallest absolute Gasteiger partial charge is 0.279 e. The normalized spacial score (nSPS) is 13.4. The summed E-state index contributed by atoms with van der Waals surface area (Å²) in [6.07, 6.45) is 0.847. The number of carbonyl (C=O) groups excluding carboxylic acids is 2. The van der Waals surface area contributed by atoms with E-state index >= 15 is 0 Å². The molecule has 0 bridgehead atoms. The van der Waals surface area contributed by atoms with E-state index in [0.717, 1.165) is 28.1 Å². The Morgan fingerprint density at radius 2 is 1.67 bits per heavy atom. The summed E-state index contributed by atoms with van der Waals surface area (Å²) in [6.45, 7) is 8.12. The SMILES string of the molecule is CCc1cccc(C)c1NC(=O)C[NH+](CC)CC(=O)Nc1ccc2c(c1)OCCO2. The van der Waals surface area contributed by atoms with Crippen LogP contribution in [0.1, 0.15) is 25.0 Å². The molecule has 0 fully saturated rings. The molecule has 7 heteroatoms. The van der Waals surface area contributed by atoms with Crippen molar-refractivity contribution in [2.24, 2.45) is 0 Å².